The van der Waals surface area contributed by atoms with E-state index in [4.69, 9.17) is 0 Å². The number of halogens is 1. The molecule has 21 heavy (non-hydrogen) atoms. The first-order chi connectivity index (χ1) is 10.0. The lowest BCUT2D eigenvalue weighted by molar-refractivity contribution is -0.117. The molecule has 110 valence electrons. The van der Waals surface area contributed by atoms with E-state index < -0.39 is 0 Å². The quantitative estimate of drug-likeness (QED) is 0.829. The molecule has 3 rings (SSSR count). The highest BCUT2D eigenvalue weighted by Crippen LogP contribution is 2.26. The Labute approximate surface area is 134 Å². The summed E-state index contributed by atoms with van der Waals surface area (Å²) in [4.78, 5) is 29.1. The minimum absolute atomic E-state index is 0.0131. The number of aromatic nitrogens is 3. The topological polar surface area (TPSA) is 67.6 Å². The molecule has 1 fully saturated rings. The van der Waals surface area contributed by atoms with Crippen LogP contribution in [0.1, 0.15) is 13.3 Å². The Kier molecular flexibility index (Phi) is 3.99. The van der Waals surface area contributed by atoms with Gasteiger partial charge in [-0.05, 0) is 18.1 Å². The van der Waals surface area contributed by atoms with Crippen LogP contribution in [0.15, 0.2) is 22.8 Å². The van der Waals surface area contributed by atoms with E-state index in [1.165, 1.54) is 11.8 Å². The number of nitrogens with zero attached hydrogens (tertiary/aromatic N) is 4. The summed E-state index contributed by atoms with van der Waals surface area (Å²) in [5, 5.41) is 4.41. The number of anilines is 1. The minimum atomic E-state index is 0.0131. The number of hydrogen-bond acceptors (Lipinski definition) is 5. The lowest BCUT2D eigenvalue weighted by Crippen LogP contribution is -2.26. The van der Waals surface area contributed by atoms with E-state index in [1.54, 1.807) is 22.5 Å². The first-order valence-corrected chi connectivity index (χ1v) is 8.26. The van der Waals surface area contributed by atoms with Gasteiger partial charge in [0.15, 0.2) is 10.8 Å². The maximum absolute atomic E-state index is 12.1. The van der Waals surface area contributed by atoms with Crippen LogP contribution in [0, 0.1) is 5.92 Å². The molecular formula is C13H13BrN4O2S. The molecule has 1 aliphatic rings. The largest absolute Gasteiger partial charge is 0.288 e. The summed E-state index contributed by atoms with van der Waals surface area (Å²) in [5.74, 6) is 1.27. The molecule has 1 amide bonds. The average Bonchev–Trinajstić information content (AvgIpc) is 2.99. The summed E-state index contributed by atoms with van der Waals surface area (Å²) in [6, 6.07) is 3.71. The van der Waals surface area contributed by atoms with Gasteiger partial charge < -0.3 is 0 Å². The number of carbonyl (C=O) groups is 2. The highest BCUT2D eigenvalue weighted by atomic mass is 79.9. The van der Waals surface area contributed by atoms with Crippen molar-refractivity contribution in [1.82, 2.24) is 14.6 Å². The second-order valence-corrected chi connectivity index (χ2v) is 7.05. The molecule has 6 nitrogen and oxygen atoms in total. The SMILES string of the molecule is CC(=O)SCC1CC(=O)N(c2nc3cc(Br)ccn3n2)C1. The predicted molar refractivity (Wildman–Crippen MR) is 84.3 cm³/mol. The van der Waals surface area contributed by atoms with E-state index in [-0.39, 0.29) is 16.9 Å². The van der Waals surface area contributed by atoms with Crippen LogP contribution in [0.4, 0.5) is 5.95 Å². The monoisotopic (exact) mass is 368 g/mol. The summed E-state index contributed by atoms with van der Waals surface area (Å²) in [7, 11) is 0. The number of hydrogen-bond donors (Lipinski definition) is 0. The first-order valence-electron chi connectivity index (χ1n) is 6.48. The van der Waals surface area contributed by atoms with Crippen LogP contribution >= 0.6 is 27.7 Å². The Morgan fingerprint density at radius 2 is 2.38 bits per heavy atom. The van der Waals surface area contributed by atoms with Crippen molar-refractivity contribution in [2.45, 2.75) is 13.3 Å². The van der Waals surface area contributed by atoms with Crippen LogP contribution in [-0.2, 0) is 9.59 Å². The number of fused-ring (bicyclic) bond motifs is 1. The molecule has 1 atom stereocenters. The molecule has 0 N–H and O–H groups in total. The molecule has 0 spiro atoms. The fourth-order valence-electron chi connectivity index (χ4n) is 2.28. The van der Waals surface area contributed by atoms with Crippen LogP contribution in [0.3, 0.4) is 0 Å². The third kappa shape index (κ3) is 3.11. The van der Waals surface area contributed by atoms with E-state index in [1.807, 2.05) is 12.1 Å². The molecule has 0 aliphatic carbocycles. The molecule has 0 aromatic carbocycles. The van der Waals surface area contributed by atoms with Gasteiger partial charge in [-0.1, -0.05) is 27.7 Å². The summed E-state index contributed by atoms with van der Waals surface area (Å²) >= 11 is 4.65. The lowest BCUT2D eigenvalue weighted by atomic mass is 10.1. The molecule has 1 unspecified atom stereocenters. The zero-order valence-electron chi connectivity index (χ0n) is 11.3. The number of thioether (sulfide) groups is 1. The van der Waals surface area contributed by atoms with Gasteiger partial charge in [0.05, 0.1) is 0 Å². The number of rotatable bonds is 3. The molecule has 2 aromatic heterocycles. The summed E-state index contributed by atoms with van der Waals surface area (Å²) in [6.07, 6.45) is 2.24. The highest BCUT2D eigenvalue weighted by molar-refractivity contribution is 9.10. The summed E-state index contributed by atoms with van der Waals surface area (Å²) in [5.41, 5.74) is 0.689. The zero-order valence-corrected chi connectivity index (χ0v) is 13.7. The van der Waals surface area contributed by atoms with Crippen LogP contribution < -0.4 is 4.90 Å². The van der Waals surface area contributed by atoms with Crippen molar-refractivity contribution >= 4 is 50.3 Å². The van der Waals surface area contributed by atoms with E-state index in [2.05, 4.69) is 26.0 Å². The molecule has 8 heteroatoms. The van der Waals surface area contributed by atoms with Gasteiger partial charge in [-0.2, -0.15) is 4.98 Å². The molecule has 0 saturated carbocycles. The van der Waals surface area contributed by atoms with Gasteiger partial charge in [0.25, 0.3) is 5.95 Å². The smallest absolute Gasteiger partial charge is 0.252 e. The number of carbonyl (C=O) groups excluding carboxylic acids is 2. The maximum atomic E-state index is 12.1. The van der Waals surface area contributed by atoms with Crippen LogP contribution in [-0.4, -0.2) is 37.9 Å². The zero-order chi connectivity index (χ0) is 15.0. The Bertz CT molecular complexity index is 717. The normalized spacial score (nSPS) is 18.7. The first kappa shape index (κ1) is 14.5. The van der Waals surface area contributed by atoms with Gasteiger partial charge in [0, 0.05) is 36.3 Å². The summed E-state index contributed by atoms with van der Waals surface area (Å²) < 4.78 is 2.56. The Morgan fingerprint density at radius 3 is 3.14 bits per heavy atom. The van der Waals surface area contributed by atoms with Gasteiger partial charge in [-0.25, -0.2) is 4.52 Å². The average molecular weight is 369 g/mol. The predicted octanol–water partition coefficient (Wildman–Crippen LogP) is 2.12. The van der Waals surface area contributed by atoms with Crippen molar-refractivity contribution in [2.75, 3.05) is 17.2 Å². The Morgan fingerprint density at radius 1 is 1.57 bits per heavy atom. The van der Waals surface area contributed by atoms with Crippen molar-refractivity contribution in [1.29, 1.82) is 0 Å². The van der Waals surface area contributed by atoms with Gasteiger partial charge in [0.1, 0.15) is 0 Å². The molecule has 1 aliphatic heterocycles. The van der Waals surface area contributed by atoms with E-state index in [0.29, 0.717) is 30.3 Å². The van der Waals surface area contributed by atoms with Gasteiger partial charge in [-0.3, -0.25) is 14.5 Å². The fraction of sp³-hybridized carbons (Fsp3) is 0.385. The van der Waals surface area contributed by atoms with Crippen LogP contribution in [0.5, 0.6) is 0 Å². The third-order valence-corrected chi connectivity index (χ3v) is 4.80. The molecule has 1 saturated heterocycles. The van der Waals surface area contributed by atoms with Crippen LogP contribution in [0.25, 0.3) is 5.65 Å². The third-order valence-electron chi connectivity index (χ3n) is 3.26. The van der Waals surface area contributed by atoms with Crippen molar-refractivity contribution in [3.8, 4) is 0 Å². The highest BCUT2D eigenvalue weighted by Gasteiger charge is 2.33. The molecular weight excluding hydrogens is 356 g/mol. The molecule has 3 heterocycles. The Hall–Kier alpha value is -1.41. The second kappa shape index (κ2) is 5.76. The van der Waals surface area contributed by atoms with Gasteiger partial charge >= 0.3 is 0 Å². The second-order valence-electron chi connectivity index (χ2n) is 4.94. The molecule has 2 aromatic rings. The van der Waals surface area contributed by atoms with Crippen molar-refractivity contribution in [3.63, 3.8) is 0 Å². The van der Waals surface area contributed by atoms with Crippen molar-refractivity contribution in [3.05, 3.63) is 22.8 Å². The number of amides is 1. The summed E-state index contributed by atoms with van der Waals surface area (Å²) in [6.45, 7) is 2.11. The lowest BCUT2D eigenvalue weighted by Gasteiger charge is -2.11. The molecule has 0 radical (unpaired) electrons. The maximum Gasteiger partial charge on any atom is 0.252 e. The standard InChI is InChI=1S/C13H13BrN4O2S/c1-8(19)21-7-9-4-12(20)17(6-9)13-15-11-5-10(14)2-3-18(11)16-13/h2-3,5,9H,4,6-7H2,1H3. The van der Waals surface area contributed by atoms with Crippen LogP contribution in [0.2, 0.25) is 0 Å². The minimum Gasteiger partial charge on any atom is -0.288 e. The molecule has 0 bridgehead atoms. The van der Waals surface area contributed by atoms with E-state index >= 15 is 0 Å². The number of pyridine rings is 1. The van der Waals surface area contributed by atoms with Gasteiger partial charge in [0.2, 0.25) is 5.91 Å². The van der Waals surface area contributed by atoms with Gasteiger partial charge in [-0.15, -0.1) is 5.10 Å². The van der Waals surface area contributed by atoms with Crippen molar-refractivity contribution in [2.24, 2.45) is 5.92 Å². The Balaban J connectivity index is 1.79. The van der Waals surface area contributed by atoms with E-state index in [0.717, 1.165) is 4.47 Å². The fourth-order valence-corrected chi connectivity index (χ4v) is 3.30. The van der Waals surface area contributed by atoms with E-state index in [9.17, 15) is 9.59 Å². The van der Waals surface area contributed by atoms with Crippen molar-refractivity contribution < 1.29 is 9.59 Å².